The van der Waals surface area contributed by atoms with Gasteiger partial charge in [-0.15, -0.1) is 11.3 Å². The van der Waals surface area contributed by atoms with Crippen molar-refractivity contribution in [1.29, 1.82) is 0 Å². The second-order valence-corrected chi connectivity index (χ2v) is 6.30. The Labute approximate surface area is 131 Å². The maximum absolute atomic E-state index is 5.86. The lowest BCUT2D eigenvalue weighted by atomic mass is 10.1. The van der Waals surface area contributed by atoms with Crippen LogP contribution in [0.5, 0.6) is 0 Å². The molecule has 1 unspecified atom stereocenters. The van der Waals surface area contributed by atoms with Crippen LogP contribution in [0.15, 0.2) is 38.6 Å². The predicted molar refractivity (Wildman–Crippen MR) is 81.9 cm³/mol. The summed E-state index contributed by atoms with van der Waals surface area (Å²) in [5.41, 5.74) is 0. The third kappa shape index (κ3) is 2.84. The zero-order valence-electron chi connectivity index (χ0n) is 12.0. The van der Waals surface area contributed by atoms with Crippen LogP contribution in [0.4, 0.5) is 0 Å². The quantitative estimate of drug-likeness (QED) is 0.718. The normalized spacial score (nSPS) is 18.1. The first kappa shape index (κ1) is 13.7. The molecule has 1 aliphatic rings. The van der Waals surface area contributed by atoms with Gasteiger partial charge in [0.25, 0.3) is 0 Å². The topological polar surface area (TPSA) is 61.3 Å². The third-order valence-corrected chi connectivity index (χ3v) is 4.67. The second kappa shape index (κ2) is 6.06. The molecule has 6 heteroatoms. The summed E-state index contributed by atoms with van der Waals surface area (Å²) in [5, 5.41) is 6.11. The summed E-state index contributed by atoms with van der Waals surface area (Å²) in [4.78, 5) is 5.61. The van der Waals surface area contributed by atoms with Crippen molar-refractivity contribution in [2.75, 3.05) is 13.2 Å². The van der Waals surface area contributed by atoms with Crippen molar-refractivity contribution in [3.05, 3.63) is 47.1 Å². The van der Waals surface area contributed by atoms with Crippen molar-refractivity contribution in [2.24, 2.45) is 0 Å². The summed E-state index contributed by atoms with van der Waals surface area (Å²) < 4.78 is 16.5. The molecule has 1 saturated heterocycles. The van der Waals surface area contributed by atoms with Crippen LogP contribution in [0.25, 0.3) is 10.6 Å². The van der Waals surface area contributed by atoms with Crippen molar-refractivity contribution in [3.63, 3.8) is 0 Å². The molecule has 0 aromatic carbocycles. The van der Waals surface area contributed by atoms with Crippen LogP contribution in [-0.4, -0.2) is 23.4 Å². The molecule has 0 saturated carbocycles. The Morgan fingerprint density at radius 2 is 2.23 bits per heavy atom. The van der Waals surface area contributed by atoms with Crippen LogP contribution in [-0.2, 0) is 17.6 Å². The molecular weight excluding hydrogens is 300 g/mol. The Kier molecular flexibility index (Phi) is 3.78. The van der Waals surface area contributed by atoms with Gasteiger partial charge in [0, 0.05) is 25.4 Å². The molecule has 0 radical (unpaired) electrons. The van der Waals surface area contributed by atoms with Gasteiger partial charge in [0.2, 0.25) is 5.89 Å². The van der Waals surface area contributed by atoms with E-state index in [2.05, 4.69) is 16.2 Å². The summed E-state index contributed by atoms with van der Waals surface area (Å²) in [7, 11) is 0. The molecule has 3 aromatic heterocycles. The zero-order valence-corrected chi connectivity index (χ0v) is 12.8. The van der Waals surface area contributed by atoms with Crippen molar-refractivity contribution in [3.8, 4) is 10.6 Å². The Balaban J connectivity index is 1.38. The predicted octanol–water partition coefficient (Wildman–Crippen LogP) is 3.68. The van der Waals surface area contributed by atoms with E-state index < -0.39 is 0 Å². The van der Waals surface area contributed by atoms with Crippen LogP contribution in [0.1, 0.15) is 29.8 Å². The third-order valence-electron chi connectivity index (χ3n) is 3.79. The minimum Gasteiger partial charge on any atom is -0.460 e. The van der Waals surface area contributed by atoms with Gasteiger partial charge in [-0.05, 0) is 30.0 Å². The average Bonchev–Trinajstić information content (AvgIpc) is 3.33. The molecule has 1 aliphatic heterocycles. The lowest BCUT2D eigenvalue weighted by Crippen LogP contribution is -2.00. The zero-order chi connectivity index (χ0) is 14.8. The fourth-order valence-electron chi connectivity index (χ4n) is 2.57. The van der Waals surface area contributed by atoms with Gasteiger partial charge in [-0.25, -0.2) is 0 Å². The van der Waals surface area contributed by atoms with Crippen molar-refractivity contribution >= 4 is 11.3 Å². The maximum atomic E-state index is 5.86. The highest BCUT2D eigenvalue weighted by molar-refractivity contribution is 7.13. The first-order valence-corrected chi connectivity index (χ1v) is 8.29. The highest BCUT2D eigenvalue weighted by atomic mass is 32.1. The van der Waals surface area contributed by atoms with Crippen molar-refractivity contribution in [2.45, 2.75) is 25.2 Å². The molecule has 0 bridgehead atoms. The van der Waals surface area contributed by atoms with Crippen LogP contribution in [0.3, 0.4) is 0 Å². The highest BCUT2D eigenvalue weighted by Crippen LogP contribution is 2.27. The molecule has 4 heterocycles. The number of furan rings is 1. The number of thiophene rings is 1. The summed E-state index contributed by atoms with van der Waals surface area (Å²) in [6.07, 6.45) is 2.42. The van der Waals surface area contributed by atoms with Gasteiger partial charge in [-0.2, -0.15) is 4.98 Å². The first-order chi connectivity index (χ1) is 10.9. The van der Waals surface area contributed by atoms with Crippen LogP contribution in [0.2, 0.25) is 0 Å². The smallest absolute Gasteiger partial charge is 0.227 e. The Bertz CT molecular complexity index is 726. The Morgan fingerprint density at radius 3 is 3.05 bits per heavy atom. The van der Waals surface area contributed by atoms with E-state index in [1.54, 1.807) is 11.3 Å². The molecule has 1 atom stereocenters. The lowest BCUT2D eigenvalue weighted by Gasteiger charge is -1.97. The summed E-state index contributed by atoms with van der Waals surface area (Å²) in [6.45, 7) is 1.48. The van der Waals surface area contributed by atoms with Crippen LogP contribution >= 0.6 is 11.3 Å². The maximum Gasteiger partial charge on any atom is 0.227 e. The van der Waals surface area contributed by atoms with Gasteiger partial charge in [0.15, 0.2) is 5.82 Å². The fourth-order valence-corrected chi connectivity index (χ4v) is 3.25. The van der Waals surface area contributed by atoms with E-state index in [1.807, 2.05) is 23.6 Å². The molecule has 0 aliphatic carbocycles. The molecule has 114 valence electrons. The number of hydrogen-bond donors (Lipinski definition) is 0. The van der Waals surface area contributed by atoms with E-state index in [0.29, 0.717) is 18.9 Å². The minimum absolute atomic E-state index is 0.284. The fraction of sp³-hybridized carbons (Fsp3) is 0.375. The summed E-state index contributed by atoms with van der Waals surface area (Å²) in [6, 6.07) is 8.10. The van der Waals surface area contributed by atoms with Gasteiger partial charge in [-0.3, -0.25) is 0 Å². The van der Waals surface area contributed by atoms with Crippen LogP contribution in [0, 0.1) is 0 Å². The molecule has 3 aromatic rings. The average molecular weight is 316 g/mol. The largest absolute Gasteiger partial charge is 0.460 e. The van der Waals surface area contributed by atoms with E-state index in [0.717, 1.165) is 41.7 Å². The number of hydrogen-bond acceptors (Lipinski definition) is 6. The second-order valence-electron chi connectivity index (χ2n) is 5.35. The monoisotopic (exact) mass is 316 g/mol. The van der Waals surface area contributed by atoms with E-state index in [1.165, 1.54) is 0 Å². The molecule has 22 heavy (non-hydrogen) atoms. The molecule has 5 nitrogen and oxygen atoms in total. The standard InChI is InChI=1S/C16H16N2O3S/c1-2-14(22-9-1)13-5-3-12(20-13)4-6-15-17-16(18-21-15)11-7-8-19-10-11/h1-3,5,9,11H,4,6-8,10H2. The number of rotatable bonds is 5. The van der Waals surface area contributed by atoms with E-state index in [4.69, 9.17) is 13.7 Å². The lowest BCUT2D eigenvalue weighted by molar-refractivity contribution is 0.192. The highest BCUT2D eigenvalue weighted by Gasteiger charge is 2.23. The van der Waals surface area contributed by atoms with Gasteiger partial charge in [0.05, 0.1) is 11.5 Å². The van der Waals surface area contributed by atoms with Gasteiger partial charge >= 0.3 is 0 Å². The number of aryl methyl sites for hydroxylation is 2. The summed E-state index contributed by atoms with van der Waals surface area (Å²) in [5.74, 6) is 3.57. The van der Waals surface area contributed by atoms with Gasteiger partial charge in [-0.1, -0.05) is 11.2 Å². The molecular formula is C16H16N2O3S. The summed E-state index contributed by atoms with van der Waals surface area (Å²) >= 11 is 1.67. The number of ether oxygens (including phenoxy) is 1. The molecule has 0 spiro atoms. The number of aromatic nitrogens is 2. The molecule has 0 N–H and O–H groups in total. The Hall–Kier alpha value is -1.92. The van der Waals surface area contributed by atoms with E-state index in [-0.39, 0.29) is 5.92 Å². The Morgan fingerprint density at radius 1 is 1.23 bits per heavy atom. The molecule has 0 amide bonds. The van der Waals surface area contributed by atoms with Gasteiger partial charge in [0.1, 0.15) is 11.5 Å². The van der Waals surface area contributed by atoms with Crippen molar-refractivity contribution < 1.29 is 13.7 Å². The molecule has 4 rings (SSSR count). The van der Waals surface area contributed by atoms with Gasteiger partial charge < -0.3 is 13.7 Å². The van der Waals surface area contributed by atoms with Crippen molar-refractivity contribution in [1.82, 2.24) is 10.1 Å². The minimum atomic E-state index is 0.284. The van der Waals surface area contributed by atoms with E-state index >= 15 is 0 Å². The van der Waals surface area contributed by atoms with E-state index in [9.17, 15) is 0 Å². The molecule has 1 fully saturated rings. The number of nitrogens with zero attached hydrogens (tertiary/aromatic N) is 2. The van der Waals surface area contributed by atoms with Crippen LogP contribution < -0.4 is 0 Å². The first-order valence-electron chi connectivity index (χ1n) is 7.41. The SMILES string of the molecule is c1csc(-c2ccc(CCc3nc(C4CCOC4)no3)o2)c1.